The Morgan fingerprint density at radius 1 is 1.14 bits per heavy atom. The molecule has 108 valence electrons. The highest BCUT2D eigenvalue weighted by atomic mass is 16.5. The Kier molecular flexibility index (Phi) is 4.18. The van der Waals surface area contributed by atoms with E-state index in [-0.39, 0.29) is 5.56 Å². The molecule has 6 heteroatoms. The summed E-state index contributed by atoms with van der Waals surface area (Å²) in [6.45, 7) is 1.71. The number of carboxylic acids is 1. The molecular weight excluding hydrogens is 272 g/mol. The quantitative estimate of drug-likeness (QED) is 0.840. The van der Waals surface area contributed by atoms with Crippen molar-refractivity contribution in [1.29, 1.82) is 0 Å². The first kappa shape index (κ1) is 14.5. The van der Waals surface area contributed by atoms with Crippen LogP contribution in [-0.2, 0) is 4.74 Å². The number of carbonyl (C=O) groups excluding carboxylic acids is 1. The van der Waals surface area contributed by atoms with Gasteiger partial charge in [-0.05, 0) is 43.3 Å². The van der Waals surface area contributed by atoms with Gasteiger partial charge in [0, 0.05) is 5.69 Å². The smallest absolute Gasteiger partial charge is 0.339 e. The third kappa shape index (κ3) is 3.36. The number of rotatable bonds is 4. The number of hydrogen-bond donors (Lipinski definition) is 2. The fourth-order valence-electron chi connectivity index (χ4n) is 1.80. The van der Waals surface area contributed by atoms with Crippen molar-refractivity contribution >= 4 is 23.4 Å². The van der Waals surface area contributed by atoms with E-state index in [1.54, 1.807) is 31.2 Å². The summed E-state index contributed by atoms with van der Waals surface area (Å²) in [5, 5.41) is 11.9. The minimum absolute atomic E-state index is 0.214. The summed E-state index contributed by atoms with van der Waals surface area (Å²) in [5.74, 6) is -0.849. The van der Waals surface area contributed by atoms with Crippen LogP contribution in [0.3, 0.4) is 0 Å². The SMILES string of the molecule is COC(=O)c1ccc(Nc2ccc(C(=O)O)cc2)nc1C. The predicted molar refractivity (Wildman–Crippen MR) is 77.0 cm³/mol. The van der Waals surface area contributed by atoms with Crippen LogP contribution in [0.25, 0.3) is 0 Å². The summed E-state index contributed by atoms with van der Waals surface area (Å²) >= 11 is 0. The summed E-state index contributed by atoms with van der Waals surface area (Å²) in [6.07, 6.45) is 0. The predicted octanol–water partition coefficient (Wildman–Crippen LogP) is 2.62. The van der Waals surface area contributed by atoms with Gasteiger partial charge in [0.2, 0.25) is 0 Å². The number of ether oxygens (including phenoxy) is 1. The zero-order valence-electron chi connectivity index (χ0n) is 11.6. The van der Waals surface area contributed by atoms with Crippen LogP contribution in [0.2, 0.25) is 0 Å². The zero-order chi connectivity index (χ0) is 15.4. The van der Waals surface area contributed by atoms with Gasteiger partial charge in [-0.25, -0.2) is 14.6 Å². The molecule has 1 aromatic heterocycles. The molecule has 0 amide bonds. The largest absolute Gasteiger partial charge is 0.478 e. The van der Waals surface area contributed by atoms with Crippen LogP contribution in [0.1, 0.15) is 26.4 Å². The molecule has 1 aromatic carbocycles. The molecule has 0 aliphatic heterocycles. The van der Waals surface area contributed by atoms with Crippen LogP contribution in [0.15, 0.2) is 36.4 Å². The standard InChI is InChI=1S/C15H14N2O4/c1-9-12(15(20)21-2)7-8-13(16-9)17-11-5-3-10(4-6-11)14(18)19/h3-8H,1-2H3,(H,16,17)(H,18,19). The van der Waals surface area contributed by atoms with E-state index in [0.29, 0.717) is 22.8 Å². The van der Waals surface area contributed by atoms with E-state index in [1.165, 1.54) is 19.2 Å². The summed E-state index contributed by atoms with van der Waals surface area (Å²) in [6, 6.07) is 9.58. The number of nitrogens with one attached hydrogen (secondary N) is 1. The molecule has 0 radical (unpaired) electrons. The molecular formula is C15H14N2O4. The van der Waals surface area contributed by atoms with Crippen molar-refractivity contribution in [3.05, 3.63) is 53.2 Å². The molecule has 2 rings (SSSR count). The number of hydrogen-bond acceptors (Lipinski definition) is 5. The topological polar surface area (TPSA) is 88.5 Å². The molecule has 6 nitrogen and oxygen atoms in total. The van der Waals surface area contributed by atoms with Crippen molar-refractivity contribution in [3.8, 4) is 0 Å². The van der Waals surface area contributed by atoms with E-state index in [0.717, 1.165) is 0 Å². The van der Waals surface area contributed by atoms with E-state index < -0.39 is 11.9 Å². The second-order valence-corrected chi connectivity index (χ2v) is 4.33. The molecule has 0 fully saturated rings. The Balaban J connectivity index is 2.18. The number of esters is 1. The molecule has 0 bridgehead atoms. The summed E-state index contributed by atoms with van der Waals surface area (Å²) in [7, 11) is 1.32. The fourth-order valence-corrected chi connectivity index (χ4v) is 1.80. The number of carboxylic acid groups (broad SMARTS) is 1. The second kappa shape index (κ2) is 6.04. The summed E-state index contributed by atoms with van der Waals surface area (Å²) in [4.78, 5) is 26.5. The van der Waals surface area contributed by atoms with Gasteiger partial charge in [-0.3, -0.25) is 0 Å². The third-order valence-corrected chi connectivity index (χ3v) is 2.90. The van der Waals surface area contributed by atoms with Crippen molar-refractivity contribution in [3.63, 3.8) is 0 Å². The number of benzene rings is 1. The van der Waals surface area contributed by atoms with E-state index >= 15 is 0 Å². The lowest BCUT2D eigenvalue weighted by molar-refractivity contribution is 0.0598. The zero-order valence-corrected chi connectivity index (χ0v) is 11.6. The van der Waals surface area contributed by atoms with E-state index in [1.807, 2.05) is 0 Å². The number of aromatic nitrogens is 1. The monoisotopic (exact) mass is 286 g/mol. The van der Waals surface area contributed by atoms with Crippen LogP contribution in [0.5, 0.6) is 0 Å². The first-order valence-corrected chi connectivity index (χ1v) is 6.17. The molecule has 0 unspecified atom stereocenters. The Morgan fingerprint density at radius 3 is 2.33 bits per heavy atom. The molecule has 0 saturated heterocycles. The van der Waals surface area contributed by atoms with Crippen molar-refractivity contribution in [2.45, 2.75) is 6.92 Å². The van der Waals surface area contributed by atoms with Gasteiger partial charge in [0.05, 0.1) is 23.9 Å². The van der Waals surface area contributed by atoms with Gasteiger partial charge >= 0.3 is 11.9 Å². The molecule has 0 aliphatic rings. The molecule has 21 heavy (non-hydrogen) atoms. The maximum Gasteiger partial charge on any atom is 0.339 e. The maximum atomic E-state index is 11.5. The number of pyridine rings is 1. The van der Waals surface area contributed by atoms with Crippen LogP contribution in [0, 0.1) is 6.92 Å². The average Bonchev–Trinajstić information content (AvgIpc) is 2.47. The Bertz CT molecular complexity index is 681. The number of anilines is 2. The first-order chi connectivity index (χ1) is 10.0. The Morgan fingerprint density at radius 2 is 1.81 bits per heavy atom. The molecule has 0 aliphatic carbocycles. The lowest BCUT2D eigenvalue weighted by Gasteiger charge is -2.09. The average molecular weight is 286 g/mol. The van der Waals surface area contributed by atoms with Crippen LogP contribution in [-0.4, -0.2) is 29.1 Å². The van der Waals surface area contributed by atoms with Gasteiger partial charge in [-0.2, -0.15) is 0 Å². The highest BCUT2D eigenvalue weighted by Gasteiger charge is 2.10. The lowest BCUT2D eigenvalue weighted by Crippen LogP contribution is -2.06. The second-order valence-electron chi connectivity index (χ2n) is 4.33. The minimum atomic E-state index is -0.974. The van der Waals surface area contributed by atoms with Crippen LogP contribution >= 0.6 is 0 Å². The van der Waals surface area contributed by atoms with Gasteiger partial charge in [-0.15, -0.1) is 0 Å². The van der Waals surface area contributed by atoms with Crippen molar-refractivity contribution in [2.75, 3.05) is 12.4 Å². The normalized spacial score (nSPS) is 10.0. The van der Waals surface area contributed by atoms with Crippen molar-refractivity contribution in [2.24, 2.45) is 0 Å². The minimum Gasteiger partial charge on any atom is -0.478 e. The highest BCUT2D eigenvalue weighted by molar-refractivity contribution is 5.91. The molecule has 0 atom stereocenters. The third-order valence-electron chi connectivity index (χ3n) is 2.90. The van der Waals surface area contributed by atoms with Gasteiger partial charge in [-0.1, -0.05) is 0 Å². The fraction of sp³-hybridized carbons (Fsp3) is 0.133. The van der Waals surface area contributed by atoms with Gasteiger partial charge in [0.1, 0.15) is 5.82 Å². The molecule has 0 saturated carbocycles. The van der Waals surface area contributed by atoms with Crippen molar-refractivity contribution < 1.29 is 19.4 Å². The lowest BCUT2D eigenvalue weighted by atomic mass is 10.2. The number of aryl methyl sites for hydroxylation is 1. The number of aromatic carboxylic acids is 1. The molecule has 1 heterocycles. The molecule has 0 spiro atoms. The summed E-state index contributed by atoms with van der Waals surface area (Å²) in [5.41, 5.74) is 1.88. The van der Waals surface area contributed by atoms with E-state index in [2.05, 4.69) is 15.0 Å². The Labute approximate surface area is 121 Å². The van der Waals surface area contributed by atoms with Crippen LogP contribution in [0.4, 0.5) is 11.5 Å². The highest BCUT2D eigenvalue weighted by Crippen LogP contribution is 2.17. The van der Waals surface area contributed by atoms with Gasteiger partial charge < -0.3 is 15.2 Å². The number of carbonyl (C=O) groups is 2. The maximum absolute atomic E-state index is 11.5. The molecule has 2 N–H and O–H groups in total. The molecule has 2 aromatic rings. The van der Waals surface area contributed by atoms with Gasteiger partial charge in [0.15, 0.2) is 0 Å². The van der Waals surface area contributed by atoms with E-state index in [4.69, 9.17) is 5.11 Å². The van der Waals surface area contributed by atoms with Gasteiger partial charge in [0.25, 0.3) is 0 Å². The van der Waals surface area contributed by atoms with Crippen LogP contribution < -0.4 is 5.32 Å². The Hall–Kier alpha value is -2.89. The number of nitrogens with zero attached hydrogens (tertiary/aromatic N) is 1. The summed E-state index contributed by atoms with van der Waals surface area (Å²) < 4.78 is 4.66. The van der Waals surface area contributed by atoms with Crippen molar-refractivity contribution in [1.82, 2.24) is 4.98 Å². The van der Waals surface area contributed by atoms with E-state index in [9.17, 15) is 9.59 Å². The number of methoxy groups -OCH3 is 1. The first-order valence-electron chi connectivity index (χ1n) is 6.17.